The van der Waals surface area contributed by atoms with Crippen LogP contribution in [0.15, 0.2) is 24.3 Å². The lowest BCUT2D eigenvalue weighted by Crippen LogP contribution is -2.03. The average Bonchev–Trinajstić information content (AvgIpc) is 3.78. The summed E-state index contributed by atoms with van der Waals surface area (Å²) < 4.78 is 5.21. The quantitative estimate of drug-likeness (QED) is 0.0421. The third-order valence-electron chi connectivity index (χ3n) is 7.67. The summed E-state index contributed by atoms with van der Waals surface area (Å²) in [5.41, 5.74) is 0. The molecule has 1 aliphatic heterocycles. The van der Waals surface area contributed by atoms with Gasteiger partial charge in [0.15, 0.2) is 0 Å². The lowest BCUT2D eigenvalue weighted by Gasteiger charge is -2.04. The highest BCUT2D eigenvalue weighted by Gasteiger charge is 2.20. The van der Waals surface area contributed by atoms with Gasteiger partial charge in [-0.3, -0.25) is 0 Å². The number of halogens is 1. The van der Waals surface area contributed by atoms with Gasteiger partial charge in [0.05, 0.1) is 24.7 Å². The molecule has 2 atom stereocenters. The maximum Gasteiger partial charge on any atom is 0.0810 e. The third-order valence-corrected chi connectivity index (χ3v) is 8.02. The molecule has 0 radical (unpaired) electrons. The van der Waals surface area contributed by atoms with Gasteiger partial charge in [-0.1, -0.05) is 141 Å². The standard InChI is InChI=1S/C18H35ClO.C18H34O/c1-2-3-4-5-6-7-8-9-10-11-12-13-14-15-16-18(19)17-20;1-2-3-4-5-6-7-8-9-10-11-12-13-14-15-16-18-17-19-18/h9-10,18,20H,2-8,11-17H2,1H3;9-10,18H,2-8,11-17H2,1H3/b2*10-9+. The summed E-state index contributed by atoms with van der Waals surface area (Å²) in [7, 11) is 0. The molecule has 0 aliphatic carbocycles. The number of rotatable bonds is 29. The molecule has 1 saturated heterocycles. The van der Waals surface area contributed by atoms with E-state index in [0.29, 0.717) is 6.10 Å². The molecule has 1 heterocycles. The Balaban J connectivity index is 0.000000741. The fourth-order valence-corrected chi connectivity index (χ4v) is 5.01. The average molecular weight is 569 g/mol. The molecule has 1 rings (SSSR count). The smallest absolute Gasteiger partial charge is 0.0810 e. The van der Waals surface area contributed by atoms with Crippen molar-refractivity contribution in [1.29, 1.82) is 0 Å². The molecule has 232 valence electrons. The molecule has 3 heteroatoms. The van der Waals surface area contributed by atoms with Crippen LogP contribution in [0, 0.1) is 0 Å². The number of alkyl halides is 1. The predicted molar refractivity (Wildman–Crippen MR) is 176 cm³/mol. The Hall–Kier alpha value is -0.310. The molecule has 2 unspecified atom stereocenters. The van der Waals surface area contributed by atoms with Crippen LogP contribution >= 0.6 is 11.6 Å². The van der Waals surface area contributed by atoms with Gasteiger partial charge in [-0.25, -0.2) is 0 Å². The number of allylic oxidation sites excluding steroid dienone is 4. The van der Waals surface area contributed by atoms with Gasteiger partial charge in [0.1, 0.15) is 0 Å². The molecule has 39 heavy (non-hydrogen) atoms. The Kier molecular flexibility index (Phi) is 33.6. The molecule has 0 spiro atoms. The first-order valence-electron chi connectivity index (χ1n) is 17.4. The summed E-state index contributed by atoms with van der Waals surface area (Å²) in [5, 5.41) is 8.76. The summed E-state index contributed by atoms with van der Waals surface area (Å²) in [4.78, 5) is 0. The minimum absolute atomic E-state index is 0.0350. The van der Waals surface area contributed by atoms with Crippen molar-refractivity contribution in [3.05, 3.63) is 24.3 Å². The van der Waals surface area contributed by atoms with Crippen molar-refractivity contribution in [2.24, 2.45) is 0 Å². The molecule has 1 N–H and O–H groups in total. The van der Waals surface area contributed by atoms with Gasteiger partial charge in [-0.2, -0.15) is 0 Å². The zero-order valence-electron chi connectivity index (χ0n) is 26.5. The molecule has 0 saturated carbocycles. The number of unbranched alkanes of at least 4 members (excludes halogenated alkanes) is 20. The topological polar surface area (TPSA) is 32.8 Å². The molecule has 2 nitrogen and oxygen atoms in total. The fraction of sp³-hybridized carbons (Fsp3) is 0.889. The Morgan fingerprint density at radius 3 is 1.33 bits per heavy atom. The van der Waals surface area contributed by atoms with Crippen LogP contribution in [0.1, 0.15) is 181 Å². The van der Waals surface area contributed by atoms with E-state index >= 15 is 0 Å². The maximum absolute atomic E-state index is 8.80. The molecule has 0 aromatic rings. The van der Waals surface area contributed by atoms with Gasteiger partial charge < -0.3 is 9.84 Å². The molecular formula is C36H69ClO2. The van der Waals surface area contributed by atoms with E-state index in [4.69, 9.17) is 21.4 Å². The highest BCUT2D eigenvalue weighted by Crippen LogP contribution is 2.18. The first kappa shape index (κ1) is 38.7. The van der Waals surface area contributed by atoms with Crippen molar-refractivity contribution in [3.63, 3.8) is 0 Å². The van der Waals surface area contributed by atoms with E-state index in [2.05, 4.69) is 38.2 Å². The molecule has 1 fully saturated rings. The number of aliphatic hydroxyl groups excluding tert-OH is 1. The van der Waals surface area contributed by atoms with Crippen LogP contribution in [0.25, 0.3) is 0 Å². The Morgan fingerprint density at radius 2 is 0.949 bits per heavy atom. The normalized spacial score (nSPS) is 15.6. The van der Waals surface area contributed by atoms with Gasteiger partial charge in [-0.15, -0.1) is 11.6 Å². The van der Waals surface area contributed by atoms with Crippen molar-refractivity contribution in [2.75, 3.05) is 13.2 Å². The summed E-state index contributed by atoms with van der Waals surface area (Å²) in [6.45, 7) is 5.69. The first-order chi connectivity index (χ1) is 19.2. The van der Waals surface area contributed by atoms with Crippen LogP contribution in [-0.4, -0.2) is 29.8 Å². The van der Waals surface area contributed by atoms with Gasteiger partial charge in [0.25, 0.3) is 0 Å². The Morgan fingerprint density at radius 1 is 0.590 bits per heavy atom. The third kappa shape index (κ3) is 35.7. The Bertz CT molecular complexity index is 500. The molecular weight excluding hydrogens is 500 g/mol. The number of ether oxygens (including phenoxy) is 1. The fourth-order valence-electron chi connectivity index (χ4n) is 4.85. The predicted octanol–water partition coefficient (Wildman–Crippen LogP) is 12.3. The minimum atomic E-state index is -0.0350. The molecule has 1 aliphatic rings. The van der Waals surface area contributed by atoms with Crippen molar-refractivity contribution in [1.82, 2.24) is 0 Å². The zero-order chi connectivity index (χ0) is 28.5. The van der Waals surface area contributed by atoms with E-state index in [1.807, 2.05) is 0 Å². The number of hydrogen-bond donors (Lipinski definition) is 1. The van der Waals surface area contributed by atoms with Crippen molar-refractivity contribution in [3.8, 4) is 0 Å². The SMILES string of the molecule is CCCCCCCC/C=C/CCCCCCC(Cl)CO.CCCCCCCC/C=C/CCCCCCC1CO1. The number of hydrogen-bond acceptors (Lipinski definition) is 2. The van der Waals surface area contributed by atoms with Crippen LogP contribution in [-0.2, 0) is 4.74 Å². The highest BCUT2D eigenvalue weighted by molar-refractivity contribution is 6.20. The van der Waals surface area contributed by atoms with Crippen LogP contribution in [0.3, 0.4) is 0 Å². The van der Waals surface area contributed by atoms with Crippen LogP contribution in [0.4, 0.5) is 0 Å². The van der Waals surface area contributed by atoms with Gasteiger partial charge in [0.2, 0.25) is 0 Å². The van der Waals surface area contributed by atoms with Crippen LogP contribution < -0.4 is 0 Å². The summed E-state index contributed by atoms with van der Waals surface area (Å²) in [6, 6.07) is 0. The first-order valence-corrected chi connectivity index (χ1v) is 17.8. The molecule has 0 aromatic heterocycles. The van der Waals surface area contributed by atoms with Crippen LogP contribution in [0.5, 0.6) is 0 Å². The number of epoxide rings is 1. The van der Waals surface area contributed by atoms with E-state index < -0.39 is 0 Å². The maximum atomic E-state index is 8.80. The van der Waals surface area contributed by atoms with E-state index in [1.54, 1.807) is 0 Å². The second-order valence-corrected chi connectivity index (χ2v) is 12.4. The number of aliphatic hydroxyl groups is 1. The summed E-state index contributed by atoms with van der Waals surface area (Å²) >= 11 is 5.86. The van der Waals surface area contributed by atoms with E-state index in [9.17, 15) is 0 Å². The Labute approximate surface area is 250 Å². The minimum Gasteiger partial charge on any atom is -0.395 e. The van der Waals surface area contributed by atoms with E-state index in [-0.39, 0.29) is 12.0 Å². The summed E-state index contributed by atoms with van der Waals surface area (Å²) in [5.74, 6) is 0. The highest BCUT2D eigenvalue weighted by atomic mass is 35.5. The second-order valence-electron chi connectivity index (χ2n) is 11.8. The monoisotopic (exact) mass is 568 g/mol. The van der Waals surface area contributed by atoms with Crippen molar-refractivity contribution in [2.45, 2.75) is 192 Å². The van der Waals surface area contributed by atoms with Gasteiger partial charge in [0, 0.05) is 0 Å². The molecule has 0 amide bonds. The zero-order valence-corrected chi connectivity index (χ0v) is 27.3. The van der Waals surface area contributed by atoms with E-state index in [0.717, 1.165) is 19.4 Å². The van der Waals surface area contributed by atoms with Gasteiger partial charge in [-0.05, 0) is 64.2 Å². The largest absolute Gasteiger partial charge is 0.395 e. The molecule has 0 bridgehead atoms. The van der Waals surface area contributed by atoms with Crippen molar-refractivity contribution < 1.29 is 9.84 Å². The second kappa shape index (κ2) is 33.9. The van der Waals surface area contributed by atoms with Crippen molar-refractivity contribution >= 4 is 11.6 Å². The lowest BCUT2D eigenvalue weighted by molar-refractivity contribution is 0.286. The van der Waals surface area contributed by atoms with Gasteiger partial charge >= 0.3 is 0 Å². The summed E-state index contributed by atoms with van der Waals surface area (Å²) in [6.07, 6.45) is 44.8. The van der Waals surface area contributed by atoms with E-state index in [1.165, 1.54) is 154 Å². The molecule has 0 aromatic carbocycles. The van der Waals surface area contributed by atoms with Crippen LogP contribution in [0.2, 0.25) is 0 Å². The lowest BCUT2D eigenvalue weighted by atomic mass is 10.1.